The van der Waals surface area contributed by atoms with E-state index in [-0.39, 0.29) is 17.2 Å². The van der Waals surface area contributed by atoms with Gasteiger partial charge in [0.25, 0.3) is 0 Å². The maximum absolute atomic E-state index is 12.6. The maximum atomic E-state index is 12.6. The Kier molecular flexibility index (Phi) is 4.63. The number of aryl methyl sites for hydroxylation is 1. The molecule has 0 bridgehead atoms. The Balaban J connectivity index is 1.34. The van der Waals surface area contributed by atoms with Gasteiger partial charge in [0.1, 0.15) is 0 Å². The van der Waals surface area contributed by atoms with Crippen molar-refractivity contribution in [2.45, 2.75) is 32.1 Å². The normalized spacial score (nSPS) is 22.6. The molecule has 0 radical (unpaired) electrons. The molecule has 0 aromatic carbocycles. The van der Waals surface area contributed by atoms with Crippen LogP contribution in [0.3, 0.4) is 0 Å². The van der Waals surface area contributed by atoms with Gasteiger partial charge in [-0.25, -0.2) is 0 Å². The van der Waals surface area contributed by atoms with Gasteiger partial charge in [0.2, 0.25) is 23.5 Å². The van der Waals surface area contributed by atoms with Crippen molar-refractivity contribution in [3.63, 3.8) is 0 Å². The molecule has 2 aromatic rings. The van der Waals surface area contributed by atoms with E-state index in [1.807, 2.05) is 24.1 Å². The predicted octanol–water partition coefficient (Wildman–Crippen LogP) is 1.54. The van der Waals surface area contributed by atoms with E-state index in [0.717, 1.165) is 31.4 Å². The molecule has 0 unspecified atom stereocenters. The van der Waals surface area contributed by atoms with Crippen LogP contribution in [0.15, 0.2) is 29.0 Å². The van der Waals surface area contributed by atoms with E-state index in [0.29, 0.717) is 37.6 Å². The topological polar surface area (TPSA) is 92.4 Å². The number of amides is 2. The zero-order chi connectivity index (χ0) is 18.9. The molecular formula is C19H23N5O3. The van der Waals surface area contributed by atoms with Crippen LogP contribution in [0.25, 0.3) is 11.4 Å². The summed E-state index contributed by atoms with van der Waals surface area (Å²) in [5.74, 6) is 1.16. The van der Waals surface area contributed by atoms with E-state index in [4.69, 9.17) is 4.52 Å². The minimum atomic E-state index is -0.373. The Morgan fingerprint density at radius 1 is 1.26 bits per heavy atom. The van der Waals surface area contributed by atoms with Crippen molar-refractivity contribution >= 4 is 11.8 Å². The molecule has 2 aliphatic rings. The highest BCUT2D eigenvalue weighted by Crippen LogP contribution is 2.39. The van der Waals surface area contributed by atoms with E-state index in [2.05, 4.69) is 15.1 Å². The molecule has 2 aliphatic heterocycles. The van der Waals surface area contributed by atoms with Crippen LogP contribution in [0.2, 0.25) is 0 Å². The number of piperidine rings is 1. The number of rotatable bonds is 4. The van der Waals surface area contributed by atoms with Gasteiger partial charge in [0.05, 0.1) is 5.41 Å². The summed E-state index contributed by atoms with van der Waals surface area (Å²) in [4.78, 5) is 37.1. The Hall–Kier alpha value is -2.77. The summed E-state index contributed by atoms with van der Waals surface area (Å²) in [6, 6.07) is 3.61. The Morgan fingerprint density at radius 3 is 2.89 bits per heavy atom. The highest BCUT2D eigenvalue weighted by atomic mass is 16.5. The molecule has 8 heteroatoms. The minimum Gasteiger partial charge on any atom is -0.345 e. The molecule has 8 nitrogen and oxygen atoms in total. The number of aromatic nitrogens is 3. The second-order valence-electron chi connectivity index (χ2n) is 7.42. The van der Waals surface area contributed by atoms with Crippen molar-refractivity contribution in [1.82, 2.24) is 24.9 Å². The second-order valence-corrected chi connectivity index (χ2v) is 7.42. The monoisotopic (exact) mass is 369 g/mol. The van der Waals surface area contributed by atoms with Crippen molar-refractivity contribution in [3.05, 3.63) is 30.4 Å². The van der Waals surface area contributed by atoms with Crippen LogP contribution in [0.5, 0.6) is 0 Å². The van der Waals surface area contributed by atoms with Gasteiger partial charge < -0.3 is 14.3 Å². The highest BCUT2D eigenvalue weighted by molar-refractivity contribution is 5.86. The lowest BCUT2D eigenvalue weighted by Crippen LogP contribution is -2.48. The van der Waals surface area contributed by atoms with E-state index >= 15 is 0 Å². The van der Waals surface area contributed by atoms with Gasteiger partial charge in [0.15, 0.2) is 0 Å². The van der Waals surface area contributed by atoms with Crippen LogP contribution in [0, 0.1) is 5.41 Å². The molecule has 2 saturated heterocycles. The fourth-order valence-electron chi connectivity index (χ4n) is 4.08. The van der Waals surface area contributed by atoms with Gasteiger partial charge >= 0.3 is 0 Å². The van der Waals surface area contributed by atoms with Crippen molar-refractivity contribution in [2.24, 2.45) is 5.41 Å². The van der Waals surface area contributed by atoms with Crippen LogP contribution in [0.4, 0.5) is 0 Å². The molecule has 0 aliphatic carbocycles. The van der Waals surface area contributed by atoms with Gasteiger partial charge in [0, 0.05) is 57.5 Å². The first-order valence-electron chi connectivity index (χ1n) is 9.34. The average Bonchev–Trinajstić information content (AvgIpc) is 3.33. The van der Waals surface area contributed by atoms with Gasteiger partial charge in [-0.2, -0.15) is 4.98 Å². The van der Waals surface area contributed by atoms with Crippen molar-refractivity contribution < 1.29 is 14.1 Å². The number of carbonyl (C=O) groups excluding carboxylic acids is 2. The third kappa shape index (κ3) is 3.43. The van der Waals surface area contributed by atoms with Crippen LogP contribution >= 0.6 is 0 Å². The van der Waals surface area contributed by atoms with Gasteiger partial charge in [-0.1, -0.05) is 5.16 Å². The van der Waals surface area contributed by atoms with Crippen LogP contribution in [-0.2, 0) is 16.0 Å². The smallest absolute Gasteiger partial charge is 0.230 e. The summed E-state index contributed by atoms with van der Waals surface area (Å²) in [7, 11) is 1.85. The Labute approximate surface area is 157 Å². The van der Waals surface area contributed by atoms with Gasteiger partial charge in [-0.15, -0.1) is 0 Å². The molecule has 1 atom stereocenters. The third-order valence-corrected chi connectivity index (χ3v) is 5.62. The Bertz CT molecular complexity index is 837. The first-order chi connectivity index (χ1) is 13.1. The quantitative estimate of drug-likeness (QED) is 0.812. The summed E-state index contributed by atoms with van der Waals surface area (Å²) >= 11 is 0. The molecule has 1 spiro atoms. The number of pyridine rings is 1. The third-order valence-electron chi connectivity index (χ3n) is 5.62. The summed E-state index contributed by atoms with van der Waals surface area (Å²) < 4.78 is 5.26. The average molecular weight is 369 g/mol. The molecule has 2 aromatic heterocycles. The first kappa shape index (κ1) is 17.6. The second kappa shape index (κ2) is 7.09. The van der Waals surface area contributed by atoms with E-state index in [9.17, 15) is 9.59 Å². The van der Waals surface area contributed by atoms with Crippen molar-refractivity contribution in [1.29, 1.82) is 0 Å². The molecular weight excluding hydrogens is 346 g/mol. The van der Waals surface area contributed by atoms with Gasteiger partial charge in [-0.05, 0) is 31.4 Å². The predicted molar refractivity (Wildman–Crippen MR) is 96.4 cm³/mol. The summed E-state index contributed by atoms with van der Waals surface area (Å²) in [6.07, 6.45) is 6.67. The molecule has 4 heterocycles. The number of carbonyl (C=O) groups is 2. The van der Waals surface area contributed by atoms with Crippen molar-refractivity contribution in [3.8, 4) is 11.4 Å². The maximum Gasteiger partial charge on any atom is 0.230 e. The van der Waals surface area contributed by atoms with E-state index in [1.165, 1.54) is 0 Å². The standard InChI is InChI=1S/C19H23N5O3/c1-23-11-2-7-19(18(23)26)8-12-24(13-19)16(25)4-3-15-21-17(22-27-15)14-5-9-20-10-6-14/h5-6,9-10H,2-4,7-8,11-13H2,1H3/t19-/m1/s1. The molecule has 27 heavy (non-hydrogen) atoms. The summed E-state index contributed by atoms with van der Waals surface area (Å²) in [5.41, 5.74) is 0.453. The first-order valence-corrected chi connectivity index (χ1v) is 9.34. The molecule has 142 valence electrons. The fourth-order valence-corrected chi connectivity index (χ4v) is 4.08. The summed E-state index contributed by atoms with van der Waals surface area (Å²) in [5, 5.41) is 3.96. The fraction of sp³-hybridized carbons (Fsp3) is 0.526. The number of nitrogens with zero attached hydrogens (tertiary/aromatic N) is 5. The van der Waals surface area contributed by atoms with Crippen LogP contribution < -0.4 is 0 Å². The number of hydrogen-bond acceptors (Lipinski definition) is 6. The lowest BCUT2D eigenvalue weighted by atomic mass is 9.78. The molecule has 4 rings (SSSR count). The summed E-state index contributed by atoms with van der Waals surface area (Å²) in [6.45, 7) is 1.98. The molecule has 0 N–H and O–H groups in total. The van der Waals surface area contributed by atoms with Crippen LogP contribution in [-0.4, -0.2) is 63.4 Å². The lowest BCUT2D eigenvalue weighted by Gasteiger charge is -2.37. The SMILES string of the molecule is CN1CCC[C@]2(CCN(C(=O)CCc3nc(-c4ccncc4)no3)C2)C1=O. The van der Waals surface area contributed by atoms with Crippen molar-refractivity contribution in [2.75, 3.05) is 26.7 Å². The van der Waals surface area contributed by atoms with E-state index in [1.54, 1.807) is 17.3 Å². The number of likely N-dealkylation sites (tertiary alicyclic amines) is 2. The van der Waals surface area contributed by atoms with Crippen LogP contribution in [0.1, 0.15) is 31.6 Å². The zero-order valence-corrected chi connectivity index (χ0v) is 15.4. The minimum absolute atomic E-state index is 0.0385. The molecule has 0 saturated carbocycles. The Morgan fingerprint density at radius 2 is 2.07 bits per heavy atom. The lowest BCUT2D eigenvalue weighted by molar-refractivity contribution is -0.144. The zero-order valence-electron chi connectivity index (χ0n) is 15.4. The molecule has 2 fully saturated rings. The number of hydrogen-bond donors (Lipinski definition) is 0. The van der Waals surface area contributed by atoms with Gasteiger partial charge in [-0.3, -0.25) is 14.6 Å². The largest absolute Gasteiger partial charge is 0.345 e. The highest BCUT2D eigenvalue weighted by Gasteiger charge is 2.48. The molecule has 2 amide bonds. The van der Waals surface area contributed by atoms with E-state index < -0.39 is 0 Å².